The lowest BCUT2D eigenvalue weighted by molar-refractivity contribution is -0.216. The second-order valence-corrected chi connectivity index (χ2v) is 4.15. The molecular weight excluding hydrogens is 194 g/mol. The molecule has 4 nitrogen and oxygen atoms in total. The first-order chi connectivity index (χ1) is 7.06. The minimum Gasteiger partial charge on any atom is -0.372 e. The second kappa shape index (κ2) is 5.61. The average Bonchev–Trinajstić information content (AvgIpc) is 2.12. The van der Waals surface area contributed by atoms with Crippen molar-refractivity contribution >= 4 is 0 Å². The summed E-state index contributed by atoms with van der Waals surface area (Å²) in [5, 5.41) is 9.50. The molecule has 1 heterocycles. The molecule has 0 saturated carbocycles. The lowest BCUT2D eigenvalue weighted by Crippen LogP contribution is -2.54. The van der Waals surface area contributed by atoms with Crippen molar-refractivity contribution in [3.63, 3.8) is 0 Å². The van der Waals surface area contributed by atoms with E-state index in [1.54, 1.807) is 6.08 Å². The summed E-state index contributed by atoms with van der Waals surface area (Å²) in [5.41, 5.74) is 0. The summed E-state index contributed by atoms with van der Waals surface area (Å²) < 4.78 is 11.0. The first-order valence-electron chi connectivity index (χ1n) is 5.28. The molecule has 4 heteroatoms. The van der Waals surface area contributed by atoms with Crippen LogP contribution in [0.3, 0.4) is 0 Å². The van der Waals surface area contributed by atoms with E-state index in [9.17, 15) is 5.11 Å². The van der Waals surface area contributed by atoms with Crippen molar-refractivity contribution in [1.29, 1.82) is 0 Å². The van der Waals surface area contributed by atoms with E-state index >= 15 is 0 Å². The smallest absolute Gasteiger partial charge is 0.157 e. The minimum absolute atomic E-state index is 0.00301. The van der Waals surface area contributed by atoms with Crippen molar-refractivity contribution in [2.45, 2.75) is 37.9 Å². The number of hydrogen-bond acceptors (Lipinski definition) is 4. The Labute approximate surface area is 91.5 Å². The molecule has 0 spiro atoms. The molecule has 1 aliphatic heterocycles. The maximum absolute atomic E-state index is 9.50. The zero-order valence-corrected chi connectivity index (χ0v) is 9.72. The normalized spacial score (nSPS) is 36.9. The van der Waals surface area contributed by atoms with E-state index in [2.05, 4.69) is 11.5 Å². The van der Waals surface area contributed by atoms with Crippen LogP contribution in [0.1, 0.15) is 13.3 Å². The van der Waals surface area contributed by atoms with Gasteiger partial charge in [-0.15, -0.1) is 6.58 Å². The Morgan fingerprint density at radius 3 is 2.80 bits per heavy atom. The van der Waals surface area contributed by atoms with Gasteiger partial charge in [0.2, 0.25) is 0 Å². The molecule has 0 amide bonds. The van der Waals surface area contributed by atoms with E-state index in [1.165, 1.54) is 0 Å². The third kappa shape index (κ3) is 3.28. The molecule has 1 N–H and O–H groups in total. The average molecular weight is 215 g/mol. The van der Waals surface area contributed by atoms with Gasteiger partial charge < -0.3 is 19.5 Å². The quantitative estimate of drug-likeness (QED) is 0.698. The Hall–Kier alpha value is -0.420. The monoisotopic (exact) mass is 215 g/mol. The van der Waals surface area contributed by atoms with Crippen molar-refractivity contribution in [2.75, 3.05) is 20.7 Å². The van der Waals surface area contributed by atoms with Gasteiger partial charge in [-0.3, -0.25) is 0 Å². The Bertz CT molecular complexity index is 208. The van der Waals surface area contributed by atoms with Crippen LogP contribution in [0.25, 0.3) is 0 Å². The van der Waals surface area contributed by atoms with E-state index in [0.29, 0.717) is 13.0 Å². The summed E-state index contributed by atoms with van der Waals surface area (Å²) in [4.78, 5) is 2.07. The molecule has 1 rings (SSSR count). The minimum atomic E-state index is -0.717. The van der Waals surface area contributed by atoms with Gasteiger partial charge in [-0.2, -0.15) is 0 Å². The lowest BCUT2D eigenvalue weighted by Gasteiger charge is -2.41. The molecule has 88 valence electrons. The first kappa shape index (κ1) is 12.6. The molecule has 1 fully saturated rings. The van der Waals surface area contributed by atoms with Gasteiger partial charge in [0.25, 0.3) is 0 Å². The summed E-state index contributed by atoms with van der Waals surface area (Å²) in [6, 6.07) is 0.174. The van der Waals surface area contributed by atoms with Gasteiger partial charge in [-0.1, -0.05) is 6.08 Å². The van der Waals surface area contributed by atoms with Crippen molar-refractivity contribution in [3.05, 3.63) is 12.7 Å². The van der Waals surface area contributed by atoms with Crippen LogP contribution in [0.2, 0.25) is 0 Å². The van der Waals surface area contributed by atoms with Gasteiger partial charge >= 0.3 is 0 Å². The molecule has 1 saturated heterocycles. The predicted octanol–water partition coefficient (Wildman–Crippen LogP) is 0.615. The van der Waals surface area contributed by atoms with E-state index in [-0.39, 0.29) is 18.2 Å². The van der Waals surface area contributed by atoms with E-state index < -0.39 is 6.29 Å². The topological polar surface area (TPSA) is 41.9 Å². The van der Waals surface area contributed by atoms with E-state index in [4.69, 9.17) is 9.47 Å². The third-order valence-corrected chi connectivity index (χ3v) is 2.69. The van der Waals surface area contributed by atoms with Crippen molar-refractivity contribution in [1.82, 2.24) is 4.90 Å². The highest BCUT2D eigenvalue weighted by atomic mass is 16.6. The highest BCUT2D eigenvalue weighted by Crippen LogP contribution is 2.24. The lowest BCUT2D eigenvalue weighted by atomic mass is 9.98. The molecule has 0 aromatic heterocycles. The molecule has 4 atom stereocenters. The number of aliphatic hydroxyl groups is 1. The summed E-state index contributed by atoms with van der Waals surface area (Å²) in [5.74, 6) is 0. The Morgan fingerprint density at radius 2 is 2.27 bits per heavy atom. The fourth-order valence-electron chi connectivity index (χ4n) is 2.13. The highest BCUT2D eigenvalue weighted by Gasteiger charge is 2.37. The highest BCUT2D eigenvalue weighted by molar-refractivity contribution is 4.88. The third-order valence-electron chi connectivity index (χ3n) is 2.69. The molecular formula is C11H21NO3. The van der Waals surface area contributed by atoms with Gasteiger partial charge in [0.1, 0.15) is 0 Å². The van der Waals surface area contributed by atoms with Gasteiger partial charge in [0.05, 0.1) is 24.9 Å². The summed E-state index contributed by atoms with van der Waals surface area (Å²) in [7, 11) is 3.99. The Balaban J connectivity index is 2.63. The number of rotatable bonds is 4. The van der Waals surface area contributed by atoms with Crippen LogP contribution < -0.4 is 0 Å². The Morgan fingerprint density at radius 1 is 1.60 bits per heavy atom. The van der Waals surface area contributed by atoms with E-state index in [0.717, 1.165) is 0 Å². The standard InChI is InChI=1S/C11H21NO3/c1-5-6-14-9-7-10(13)15-8(2)11(9)12(3)4/h5,8-11,13H,1,6-7H2,2-4H3/t8-,9-,10?,11-/m1/s1. The van der Waals surface area contributed by atoms with Crippen molar-refractivity contribution in [2.24, 2.45) is 0 Å². The number of hydrogen-bond donors (Lipinski definition) is 1. The fraction of sp³-hybridized carbons (Fsp3) is 0.818. The Kier molecular flexibility index (Phi) is 4.73. The maximum Gasteiger partial charge on any atom is 0.157 e. The summed E-state index contributed by atoms with van der Waals surface area (Å²) >= 11 is 0. The van der Waals surface area contributed by atoms with Gasteiger partial charge in [0.15, 0.2) is 6.29 Å². The number of nitrogens with zero attached hydrogens (tertiary/aromatic N) is 1. The van der Waals surface area contributed by atoms with Crippen LogP contribution in [-0.4, -0.2) is 55.2 Å². The zero-order chi connectivity index (χ0) is 11.4. The molecule has 15 heavy (non-hydrogen) atoms. The van der Waals surface area contributed by atoms with Crippen LogP contribution in [-0.2, 0) is 9.47 Å². The molecule has 0 aromatic carbocycles. The van der Waals surface area contributed by atoms with Gasteiger partial charge in [-0.25, -0.2) is 0 Å². The van der Waals surface area contributed by atoms with Crippen LogP contribution in [0, 0.1) is 0 Å². The van der Waals surface area contributed by atoms with Crippen LogP contribution in [0.15, 0.2) is 12.7 Å². The maximum atomic E-state index is 9.50. The van der Waals surface area contributed by atoms with Crippen LogP contribution in [0.5, 0.6) is 0 Å². The van der Waals surface area contributed by atoms with E-state index in [1.807, 2.05) is 21.0 Å². The van der Waals surface area contributed by atoms with Crippen LogP contribution in [0.4, 0.5) is 0 Å². The largest absolute Gasteiger partial charge is 0.372 e. The number of ether oxygens (including phenoxy) is 2. The SMILES string of the molecule is C=CCO[C@@H]1CC(O)O[C@H](C)[C@H]1N(C)C. The zero-order valence-electron chi connectivity index (χ0n) is 9.72. The molecule has 0 aliphatic carbocycles. The van der Waals surface area contributed by atoms with Gasteiger partial charge in [-0.05, 0) is 21.0 Å². The summed E-state index contributed by atoms with van der Waals surface area (Å²) in [6.07, 6.45) is 1.49. The number of aliphatic hydroxyl groups excluding tert-OH is 1. The predicted molar refractivity (Wildman–Crippen MR) is 58.6 cm³/mol. The molecule has 0 bridgehead atoms. The van der Waals surface area contributed by atoms with Crippen LogP contribution >= 0.6 is 0 Å². The van der Waals surface area contributed by atoms with Crippen molar-refractivity contribution < 1.29 is 14.6 Å². The van der Waals surface area contributed by atoms with Gasteiger partial charge in [0, 0.05) is 6.42 Å². The molecule has 1 unspecified atom stereocenters. The molecule has 0 radical (unpaired) electrons. The summed E-state index contributed by atoms with van der Waals surface area (Å²) in [6.45, 7) is 6.08. The molecule has 1 aliphatic rings. The first-order valence-corrected chi connectivity index (χ1v) is 5.28. The fourth-order valence-corrected chi connectivity index (χ4v) is 2.13. The number of likely N-dealkylation sites (N-methyl/N-ethyl adjacent to an activating group) is 1. The van der Waals surface area contributed by atoms with Crippen molar-refractivity contribution in [3.8, 4) is 0 Å². The second-order valence-electron chi connectivity index (χ2n) is 4.15. The molecule has 0 aromatic rings.